The summed E-state index contributed by atoms with van der Waals surface area (Å²) in [5.74, 6) is 0.0561. The van der Waals surface area contributed by atoms with Crippen molar-refractivity contribution in [2.45, 2.75) is 25.9 Å². The number of nitrogens with zero attached hydrogens (tertiary/aromatic N) is 5. The minimum Gasteiger partial charge on any atom is -0.467 e. The first-order valence-corrected chi connectivity index (χ1v) is 10.9. The van der Waals surface area contributed by atoms with Crippen molar-refractivity contribution < 1.29 is 9.53 Å². The highest BCUT2D eigenvalue weighted by Crippen LogP contribution is 2.31. The molecular weight excluding hydrogens is 418 g/mol. The Bertz CT molecular complexity index is 1330. The normalized spacial score (nSPS) is 18.5. The third kappa shape index (κ3) is 4.14. The molecule has 0 bridgehead atoms. The van der Waals surface area contributed by atoms with Crippen LogP contribution in [-0.2, 0) is 0 Å². The summed E-state index contributed by atoms with van der Waals surface area (Å²) in [4.78, 5) is 33.3. The van der Waals surface area contributed by atoms with Gasteiger partial charge in [0.15, 0.2) is 5.82 Å². The van der Waals surface area contributed by atoms with Crippen LogP contribution in [0, 0.1) is 0 Å². The standard InChI is InChI=1S/C24H25N7O2/c1-14-12-31(13-15(2)27-14)20-9-8-16(22-17(20)10-26-24(30-22)33-3)23(32)29-21-11-25-18-6-4-5-7-19(18)28-21/h4-11,14-15,27H,12-13H2,1-3H3,(H,28,29,32). The predicted molar refractivity (Wildman–Crippen MR) is 128 cm³/mol. The summed E-state index contributed by atoms with van der Waals surface area (Å²) >= 11 is 0. The lowest BCUT2D eigenvalue weighted by atomic mass is 10.0. The lowest BCUT2D eigenvalue weighted by molar-refractivity contribution is 0.102. The van der Waals surface area contributed by atoms with Crippen molar-refractivity contribution in [3.8, 4) is 6.01 Å². The molecule has 2 atom stereocenters. The van der Waals surface area contributed by atoms with Gasteiger partial charge in [0.05, 0.1) is 35.4 Å². The van der Waals surface area contributed by atoms with Gasteiger partial charge in [-0.05, 0) is 38.1 Å². The molecule has 0 radical (unpaired) electrons. The zero-order valence-electron chi connectivity index (χ0n) is 18.7. The van der Waals surface area contributed by atoms with Gasteiger partial charge in [0.2, 0.25) is 0 Å². The van der Waals surface area contributed by atoms with Gasteiger partial charge >= 0.3 is 6.01 Å². The van der Waals surface area contributed by atoms with Gasteiger partial charge in [0, 0.05) is 42.4 Å². The van der Waals surface area contributed by atoms with Crippen LogP contribution in [0.15, 0.2) is 48.8 Å². The maximum absolute atomic E-state index is 13.3. The molecule has 0 aliphatic carbocycles. The van der Waals surface area contributed by atoms with E-state index >= 15 is 0 Å². The van der Waals surface area contributed by atoms with Crippen LogP contribution in [-0.4, -0.2) is 58.1 Å². The molecule has 3 heterocycles. The number of para-hydroxylation sites is 2. The number of amides is 1. The highest BCUT2D eigenvalue weighted by Gasteiger charge is 2.24. The fourth-order valence-electron chi connectivity index (χ4n) is 4.37. The average Bonchev–Trinajstić information content (AvgIpc) is 2.82. The Hall–Kier alpha value is -3.85. The monoisotopic (exact) mass is 443 g/mol. The van der Waals surface area contributed by atoms with E-state index in [9.17, 15) is 4.79 Å². The number of aromatic nitrogens is 4. The minimum atomic E-state index is -0.320. The molecular formula is C24H25N7O2. The summed E-state index contributed by atoms with van der Waals surface area (Å²) < 4.78 is 5.24. The number of anilines is 2. The van der Waals surface area contributed by atoms with Crippen LogP contribution in [0.4, 0.5) is 11.5 Å². The van der Waals surface area contributed by atoms with Crippen LogP contribution in [0.2, 0.25) is 0 Å². The predicted octanol–water partition coefficient (Wildman–Crippen LogP) is 3.02. The van der Waals surface area contributed by atoms with Crippen molar-refractivity contribution >= 4 is 39.3 Å². The fourth-order valence-corrected chi connectivity index (χ4v) is 4.37. The molecule has 1 aliphatic heterocycles. The van der Waals surface area contributed by atoms with Crippen LogP contribution < -0.4 is 20.3 Å². The molecule has 2 unspecified atom stereocenters. The van der Waals surface area contributed by atoms with E-state index in [-0.39, 0.29) is 11.9 Å². The second-order valence-corrected chi connectivity index (χ2v) is 8.32. The number of rotatable bonds is 4. The first kappa shape index (κ1) is 21.0. The van der Waals surface area contributed by atoms with Crippen molar-refractivity contribution in [1.29, 1.82) is 0 Å². The highest BCUT2D eigenvalue weighted by atomic mass is 16.5. The number of piperazine rings is 1. The lowest BCUT2D eigenvalue weighted by Gasteiger charge is -2.38. The van der Waals surface area contributed by atoms with Gasteiger partial charge in [-0.25, -0.2) is 9.97 Å². The maximum Gasteiger partial charge on any atom is 0.316 e. The molecule has 0 saturated carbocycles. The zero-order valence-corrected chi connectivity index (χ0v) is 18.7. The SMILES string of the molecule is COc1ncc2c(N3CC(C)NC(C)C3)ccc(C(=O)Nc3cnc4ccccc4n3)c2n1. The highest BCUT2D eigenvalue weighted by molar-refractivity contribution is 6.13. The van der Waals surface area contributed by atoms with Crippen LogP contribution >= 0.6 is 0 Å². The quantitative estimate of drug-likeness (QED) is 0.496. The van der Waals surface area contributed by atoms with E-state index in [0.29, 0.717) is 34.5 Å². The number of carbonyl (C=O) groups excluding carboxylic acids is 1. The van der Waals surface area contributed by atoms with Crippen LogP contribution in [0.1, 0.15) is 24.2 Å². The summed E-state index contributed by atoms with van der Waals surface area (Å²) in [5.41, 5.74) is 3.42. The second-order valence-electron chi connectivity index (χ2n) is 8.32. The number of benzene rings is 2. The summed E-state index contributed by atoms with van der Waals surface area (Å²) in [5, 5.41) is 7.20. The molecule has 168 valence electrons. The third-order valence-electron chi connectivity index (χ3n) is 5.72. The van der Waals surface area contributed by atoms with E-state index in [2.05, 4.69) is 49.3 Å². The molecule has 5 rings (SSSR count). The van der Waals surface area contributed by atoms with Crippen molar-refractivity contribution in [3.05, 3.63) is 54.4 Å². The van der Waals surface area contributed by atoms with Gasteiger partial charge in [-0.2, -0.15) is 4.98 Å². The first-order chi connectivity index (χ1) is 16.0. The van der Waals surface area contributed by atoms with Crippen molar-refractivity contribution in [3.63, 3.8) is 0 Å². The Morgan fingerprint density at radius 1 is 1.03 bits per heavy atom. The Labute approximate surface area is 191 Å². The molecule has 0 spiro atoms. The van der Waals surface area contributed by atoms with Gasteiger partial charge in [0.1, 0.15) is 0 Å². The van der Waals surface area contributed by atoms with E-state index in [1.165, 1.54) is 7.11 Å². The number of nitrogens with one attached hydrogen (secondary N) is 2. The van der Waals surface area contributed by atoms with E-state index in [1.54, 1.807) is 18.5 Å². The fraction of sp³-hybridized carbons (Fsp3) is 0.292. The van der Waals surface area contributed by atoms with Crippen LogP contribution in [0.25, 0.3) is 21.9 Å². The lowest BCUT2D eigenvalue weighted by Crippen LogP contribution is -2.54. The number of carbonyl (C=O) groups is 1. The summed E-state index contributed by atoms with van der Waals surface area (Å²) in [6, 6.07) is 12.2. The summed E-state index contributed by atoms with van der Waals surface area (Å²) in [6.07, 6.45) is 3.27. The average molecular weight is 444 g/mol. The zero-order chi connectivity index (χ0) is 22.9. The number of hydrogen-bond acceptors (Lipinski definition) is 8. The van der Waals surface area contributed by atoms with E-state index in [0.717, 1.165) is 29.7 Å². The summed E-state index contributed by atoms with van der Waals surface area (Å²) in [6.45, 7) is 6.03. The second kappa shape index (κ2) is 8.59. The molecule has 9 heteroatoms. The van der Waals surface area contributed by atoms with Crippen LogP contribution in [0.3, 0.4) is 0 Å². The molecule has 9 nitrogen and oxygen atoms in total. The smallest absolute Gasteiger partial charge is 0.316 e. The number of ether oxygens (including phenoxy) is 1. The number of fused-ring (bicyclic) bond motifs is 2. The van der Waals surface area contributed by atoms with Crippen molar-refractivity contribution in [1.82, 2.24) is 25.3 Å². The Kier molecular flexibility index (Phi) is 5.47. The largest absolute Gasteiger partial charge is 0.467 e. The van der Waals surface area contributed by atoms with E-state index < -0.39 is 0 Å². The Morgan fingerprint density at radius 2 is 1.79 bits per heavy atom. The van der Waals surface area contributed by atoms with Gasteiger partial charge in [-0.15, -0.1) is 0 Å². The van der Waals surface area contributed by atoms with Gasteiger partial charge in [0.25, 0.3) is 5.91 Å². The minimum absolute atomic E-state index is 0.209. The number of hydrogen-bond donors (Lipinski definition) is 2. The topological polar surface area (TPSA) is 105 Å². The molecule has 2 N–H and O–H groups in total. The number of methoxy groups -OCH3 is 1. The van der Waals surface area contributed by atoms with Gasteiger partial charge in [-0.1, -0.05) is 12.1 Å². The van der Waals surface area contributed by atoms with Gasteiger partial charge < -0.3 is 20.3 Å². The Balaban J connectivity index is 1.53. The molecule has 1 fully saturated rings. The molecule has 33 heavy (non-hydrogen) atoms. The van der Waals surface area contributed by atoms with Crippen molar-refractivity contribution in [2.75, 3.05) is 30.4 Å². The Morgan fingerprint density at radius 3 is 2.55 bits per heavy atom. The maximum atomic E-state index is 13.3. The van der Waals surface area contributed by atoms with Crippen LogP contribution in [0.5, 0.6) is 6.01 Å². The molecule has 1 saturated heterocycles. The molecule has 2 aromatic heterocycles. The third-order valence-corrected chi connectivity index (χ3v) is 5.72. The first-order valence-electron chi connectivity index (χ1n) is 10.9. The van der Waals surface area contributed by atoms with E-state index in [1.807, 2.05) is 30.3 Å². The van der Waals surface area contributed by atoms with E-state index in [4.69, 9.17) is 4.74 Å². The van der Waals surface area contributed by atoms with Crippen molar-refractivity contribution in [2.24, 2.45) is 0 Å². The molecule has 1 aliphatic rings. The van der Waals surface area contributed by atoms with Gasteiger partial charge in [-0.3, -0.25) is 9.78 Å². The molecule has 1 amide bonds. The summed E-state index contributed by atoms with van der Waals surface area (Å²) in [7, 11) is 1.51. The molecule has 2 aromatic carbocycles. The molecule has 4 aromatic rings.